The van der Waals surface area contributed by atoms with Gasteiger partial charge in [0.05, 0.1) is 29.0 Å². The number of benzene rings is 3. The summed E-state index contributed by atoms with van der Waals surface area (Å²) in [6, 6.07) is 14.5. The standard InChI is InChI=1S/C22H17Br2N3O5/c1-32-14-6-4-5-12(9-14)21(30)26-17-8-3-2-7-15(17)22(31)27-25-11-13-10-16(23)20(29)18(24)19(13)28/h2-11,28-29H,1H3,(H,26,30)(H,27,31)/b25-11+. The molecule has 164 valence electrons. The van der Waals surface area contributed by atoms with Gasteiger partial charge >= 0.3 is 0 Å². The molecule has 10 heteroatoms. The summed E-state index contributed by atoms with van der Waals surface area (Å²) in [6.45, 7) is 0. The molecule has 0 aliphatic heterocycles. The Kier molecular flexibility index (Phi) is 7.49. The van der Waals surface area contributed by atoms with Crippen LogP contribution in [0, 0.1) is 0 Å². The van der Waals surface area contributed by atoms with E-state index in [4.69, 9.17) is 4.74 Å². The van der Waals surface area contributed by atoms with E-state index in [0.717, 1.165) is 0 Å². The number of amides is 2. The molecule has 4 N–H and O–H groups in total. The van der Waals surface area contributed by atoms with Crippen LogP contribution in [0.2, 0.25) is 0 Å². The first kappa shape index (κ1) is 23.3. The number of hydrogen-bond donors (Lipinski definition) is 4. The van der Waals surface area contributed by atoms with Gasteiger partial charge in [-0.05, 0) is 68.3 Å². The van der Waals surface area contributed by atoms with Gasteiger partial charge in [-0.15, -0.1) is 0 Å². The van der Waals surface area contributed by atoms with Crippen molar-refractivity contribution in [3.8, 4) is 17.2 Å². The lowest BCUT2D eigenvalue weighted by atomic mass is 10.1. The number of hydrazone groups is 1. The van der Waals surface area contributed by atoms with Crippen LogP contribution in [0.3, 0.4) is 0 Å². The number of hydrogen-bond acceptors (Lipinski definition) is 6. The number of methoxy groups -OCH3 is 1. The monoisotopic (exact) mass is 561 g/mol. The predicted molar refractivity (Wildman–Crippen MR) is 128 cm³/mol. The van der Waals surface area contributed by atoms with E-state index in [2.05, 4.69) is 47.7 Å². The van der Waals surface area contributed by atoms with Crippen molar-refractivity contribution < 1.29 is 24.5 Å². The minimum Gasteiger partial charge on any atom is -0.506 e. The van der Waals surface area contributed by atoms with Crippen molar-refractivity contribution in [3.63, 3.8) is 0 Å². The van der Waals surface area contributed by atoms with Gasteiger partial charge < -0.3 is 20.3 Å². The number of nitrogens with one attached hydrogen (secondary N) is 2. The lowest BCUT2D eigenvalue weighted by molar-refractivity contribution is 0.0956. The third-order valence-electron chi connectivity index (χ3n) is 4.32. The third-order valence-corrected chi connectivity index (χ3v) is 5.67. The van der Waals surface area contributed by atoms with Gasteiger partial charge in [0.1, 0.15) is 21.7 Å². The largest absolute Gasteiger partial charge is 0.506 e. The summed E-state index contributed by atoms with van der Waals surface area (Å²) in [5.41, 5.74) is 3.47. The fourth-order valence-corrected chi connectivity index (χ4v) is 3.84. The summed E-state index contributed by atoms with van der Waals surface area (Å²) in [7, 11) is 1.51. The summed E-state index contributed by atoms with van der Waals surface area (Å²) in [6.07, 6.45) is 1.22. The van der Waals surface area contributed by atoms with Crippen LogP contribution >= 0.6 is 31.9 Å². The zero-order valence-electron chi connectivity index (χ0n) is 16.6. The summed E-state index contributed by atoms with van der Waals surface area (Å²) in [5.74, 6) is -0.844. The number of carbonyl (C=O) groups is 2. The first-order chi connectivity index (χ1) is 15.3. The molecule has 0 atom stereocenters. The van der Waals surface area contributed by atoms with E-state index in [0.29, 0.717) is 21.5 Å². The Morgan fingerprint density at radius 2 is 1.75 bits per heavy atom. The minimum atomic E-state index is -0.570. The van der Waals surface area contributed by atoms with Crippen molar-refractivity contribution >= 4 is 55.6 Å². The molecule has 3 rings (SSSR count). The van der Waals surface area contributed by atoms with Crippen LogP contribution in [0.25, 0.3) is 0 Å². The van der Waals surface area contributed by atoms with Gasteiger partial charge in [0.2, 0.25) is 0 Å². The fourth-order valence-electron chi connectivity index (χ4n) is 2.68. The van der Waals surface area contributed by atoms with Crippen LogP contribution in [-0.4, -0.2) is 35.4 Å². The van der Waals surface area contributed by atoms with Gasteiger partial charge in [-0.1, -0.05) is 18.2 Å². The van der Waals surface area contributed by atoms with Crippen LogP contribution in [0.15, 0.2) is 68.6 Å². The van der Waals surface area contributed by atoms with E-state index in [-0.39, 0.29) is 27.1 Å². The Morgan fingerprint density at radius 3 is 2.50 bits per heavy atom. The Labute approximate surface area is 200 Å². The Bertz CT molecular complexity index is 1210. The van der Waals surface area contributed by atoms with E-state index < -0.39 is 11.8 Å². The number of halogens is 2. The second-order valence-corrected chi connectivity index (χ2v) is 8.04. The van der Waals surface area contributed by atoms with Gasteiger partial charge in [-0.25, -0.2) is 5.43 Å². The number of nitrogens with zero attached hydrogens (tertiary/aromatic N) is 1. The van der Waals surface area contributed by atoms with Gasteiger partial charge in [0.25, 0.3) is 11.8 Å². The van der Waals surface area contributed by atoms with Crippen molar-refractivity contribution in [1.82, 2.24) is 5.43 Å². The second-order valence-electron chi connectivity index (χ2n) is 6.39. The fraction of sp³-hybridized carbons (Fsp3) is 0.0455. The molecule has 32 heavy (non-hydrogen) atoms. The molecule has 8 nitrogen and oxygen atoms in total. The maximum atomic E-state index is 12.6. The number of phenolic OH excluding ortho intramolecular Hbond substituents is 2. The number of aromatic hydroxyl groups is 2. The number of ether oxygens (including phenoxy) is 1. The second kappa shape index (κ2) is 10.3. The predicted octanol–water partition coefficient (Wildman–Crippen LogP) is 4.65. The quantitative estimate of drug-likeness (QED) is 0.257. The first-order valence-corrected chi connectivity index (χ1v) is 10.7. The normalized spacial score (nSPS) is 10.7. The maximum Gasteiger partial charge on any atom is 0.273 e. The lowest BCUT2D eigenvalue weighted by Gasteiger charge is -2.11. The Balaban J connectivity index is 1.76. The molecule has 3 aromatic carbocycles. The molecule has 0 heterocycles. The molecule has 0 spiro atoms. The van der Waals surface area contributed by atoms with Crippen LogP contribution in [0.4, 0.5) is 5.69 Å². The summed E-state index contributed by atoms with van der Waals surface area (Å²) >= 11 is 6.23. The number of anilines is 1. The molecule has 3 aromatic rings. The number of para-hydroxylation sites is 1. The van der Waals surface area contributed by atoms with Crippen LogP contribution in [0.1, 0.15) is 26.3 Å². The third kappa shape index (κ3) is 5.27. The van der Waals surface area contributed by atoms with E-state index in [1.807, 2.05) is 0 Å². The van der Waals surface area contributed by atoms with E-state index in [9.17, 15) is 19.8 Å². The van der Waals surface area contributed by atoms with Crippen molar-refractivity contribution in [2.45, 2.75) is 0 Å². The van der Waals surface area contributed by atoms with Crippen molar-refractivity contribution in [2.75, 3.05) is 12.4 Å². The van der Waals surface area contributed by atoms with Gasteiger partial charge in [-0.2, -0.15) is 5.10 Å². The molecule has 0 unspecified atom stereocenters. The zero-order chi connectivity index (χ0) is 23.3. The maximum absolute atomic E-state index is 12.6. The van der Waals surface area contributed by atoms with Crippen LogP contribution < -0.4 is 15.5 Å². The topological polar surface area (TPSA) is 120 Å². The highest BCUT2D eigenvalue weighted by Gasteiger charge is 2.15. The summed E-state index contributed by atoms with van der Waals surface area (Å²) in [5, 5.41) is 26.4. The molecule has 0 radical (unpaired) electrons. The highest BCUT2D eigenvalue weighted by Crippen LogP contribution is 2.40. The minimum absolute atomic E-state index is 0.0882. The molecule has 0 fully saturated rings. The van der Waals surface area contributed by atoms with E-state index in [1.54, 1.807) is 42.5 Å². The molecule has 0 bridgehead atoms. The average molecular weight is 563 g/mol. The van der Waals surface area contributed by atoms with Gasteiger partial charge in [0.15, 0.2) is 0 Å². The molecule has 0 aliphatic rings. The molecular weight excluding hydrogens is 546 g/mol. The SMILES string of the molecule is COc1cccc(C(=O)Nc2ccccc2C(=O)N/N=C/c2cc(Br)c(O)c(Br)c2O)c1. The molecule has 2 amide bonds. The average Bonchev–Trinajstić information content (AvgIpc) is 2.81. The summed E-state index contributed by atoms with van der Waals surface area (Å²) in [4.78, 5) is 25.2. The number of phenols is 2. The van der Waals surface area contributed by atoms with Gasteiger partial charge in [-0.3, -0.25) is 9.59 Å². The van der Waals surface area contributed by atoms with Crippen molar-refractivity contribution in [1.29, 1.82) is 0 Å². The molecule has 0 saturated carbocycles. The van der Waals surface area contributed by atoms with Gasteiger partial charge in [0, 0.05) is 11.1 Å². The first-order valence-electron chi connectivity index (χ1n) is 9.09. The van der Waals surface area contributed by atoms with Crippen LogP contribution in [0.5, 0.6) is 17.2 Å². The Hall–Kier alpha value is -3.37. The van der Waals surface area contributed by atoms with E-state index in [1.165, 1.54) is 25.5 Å². The Morgan fingerprint density at radius 1 is 1.00 bits per heavy atom. The molecular formula is C22H17Br2N3O5. The molecule has 0 saturated heterocycles. The molecule has 0 aromatic heterocycles. The lowest BCUT2D eigenvalue weighted by Crippen LogP contribution is -2.21. The number of carbonyl (C=O) groups excluding carboxylic acids is 2. The highest BCUT2D eigenvalue weighted by molar-refractivity contribution is 9.11. The van der Waals surface area contributed by atoms with Crippen molar-refractivity contribution in [3.05, 3.63) is 80.2 Å². The van der Waals surface area contributed by atoms with Crippen molar-refractivity contribution in [2.24, 2.45) is 5.10 Å². The van der Waals surface area contributed by atoms with E-state index >= 15 is 0 Å². The highest BCUT2D eigenvalue weighted by atomic mass is 79.9. The number of rotatable bonds is 6. The smallest absolute Gasteiger partial charge is 0.273 e. The summed E-state index contributed by atoms with van der Waals surface area (Å²) < 4.78 is 5.55. The van der Waals surface area contributed by atoms with Crippen LogP contribution in [-0.2, 0) is 0 Å². The molecule has 0 aliphatic carbocycles. The zero-order valence-corrected chi connectivity index (χ0v) is 19.8.